The van der Waals surface area contributed by atoms with Gasteiger partial charge < -0.3 is 9.88 Å². The number of halogens is 1. The normalized spacial score (nSPS) is 18.0. The lowest BCUT2D eigenvalue weighted by molar-refractivity contribution is -0.135. The monoisotopic (exact) mass is 353 g/mol. The van der Waals surface area contributed by atoms with Crippen molar-refractivity contribution in [3.8, 4) is 0 Å². The number of H-pyrrole nitrogens is 1. The van der Waals surface area contributed by atoms with Crippen molar-refractivity contribution >= 4 is 28.5 Å². The average Bonchev–Trinajstić information content (AvgIpc) is 2.99. The van der Waals surface area contributed by atoms with Gasteiger partial charge in [0.2, 0.25) is 5.91 Å². The van der Waals surface area contributed by atoms with E-state index in [1.165, 1.54) is 5.56 Å². The molecular formula is C20H20ClN3O. The lowest BCUT2D eigenvalue weighted by Gasteiger charge is -2.31. The van der Waals surface area contributed by atoms with E-state index in [0.717, 1.165) is 36.2 Å². The summed E-state index contributed by atoms with van der Waals surface area (Å²) < 4.78 is 0. The summed E-state index contributed by atoms with van der Waals surface area (Å²) in [7, 11) is 0. The first kappa shape index (κ1) is 16.2. The summed E-state index contributed by atoms with van der Waals surface area (Å²) in [5, 5.41) is 0.701. The Labute approximate surface area is 151 Å². The molecule has 3 aromatic rings. The van der Waals surface area contributed by atoms with E-state index in [2.05, 4.69) is 22.1 Å². The zero-order valence-electron chi connectivity index (χ0n) is 13.9. The van der Waals surface area contributed by atoms with Crippen molar-refractivity contribution in [3.05, 3.63) is 64.9 Å². The predicted molar refractivity (Wildman–Crippen MR) is 99.4 cm³/mol. The number of hydrogen-bond donors (Lipinski definition) is 1. The molecule has 4 rings (SSSR count). The lowest BCUT2D eigenvalue weighted by Crippen LogP contribution is -2.38. The summed E-state index contributed by atoms with van der Waals surface area (Å²) in [6.45, 7) is 1.51. The number of amides is 1. The second-order valence-corrected chi connectivity index (χ2v) is 7.15. The number of hydrogen-bond acceptors (Lipinski definition) is 2. The molecule has 4 nitrogen and oxygen atoms in total. The molecule has 0 aliphatic carbocycles. The van der Waals surface area contributed by atoms with Crippen molar-refractivity contribution in [2.45, 2.75) is 25.8 Å². The van der Waals surface area contributed by atoms with Crippen molar-refractivity contribution in [1.29, 1.82) is 0 Å². The molecule has 0 spiro atoms. The highest BCUT2D eigenvalue weighted by Crippen LogP contribution is 2.25. The van der Waals surface area contributed by atoms with Crippen LogP contribution < -0.4 is 0 Å². The zero-order chi connectivity index (χ0) is 17.2. The smallest absolute Gasteiger partial charge is 0.223 e. The molecule has 2 aromatic carbocycles. The Balaban J connectivity index is 1.39. The van der Waals surface area contributed by atoms with Gasteiger partial charge in [-0.05, 0) is 36.1 Å². The summed E-state index contributed by atoms with van der Waals surface area (Å²) in [4.78, 5) is 22.4. The Morgan fingerprint density at radius 1 is 1.20 bits per heavy atom. The molecule has 128 valence electrons. The molecule has 1 aromatic heterocycles. The summed E-state index contributed by atoms with van der Waals surface area (Å²) in [5.74, 6) is 1.52. The van der Waals surface area contributed by atoms with Crippen LogP contribution in [0.5, 0.6) is 0 Å². The largest absolute Gasteiger partial charge is 0.342 e. The van der Waals surface area contributed by atoms with E-state index in [-0.39, 0.29) is 5.91 Å². The van der Waals surface area contributed by atoms with E-state index in [1.807, 2.05) is 41.3 Å². The number of nitrogens with one attached hydrogen (secondary N) is 1. The maximum Gasteiger partial charge on any atom is 0.223 e. The number of imidazole rings is 1. The van der Waals surface area contributed by atoms with E-state index < -0.39 is 0 Å². The molecule has 0 bridgehead atoms. The predicted octanol–water partition coefficient (Wildman–Crippen LogP) is 4.20. The number of likely N-dealkylation sites (tertiary alicyclic amines) is 1. The first-order valence-corrected chi connectivity index (χ1v) is 9.01. The van der Waals surface area contributed by atoms with Gasteiger partial charge in [-0.15, -0.1) is 0 Å². The molecule has 1 aliphatic rings. The van der Waals surface area contributed by atoms with E-state index in [1.54, 1.807) is 0 Å². The van der Waals surface area contributed by atoms with Gasteiger partial charge >= 0.3 is 0 Å². The highest BCUT2D eigenvalue weighted by atomic mass is 35.5. The van der Waals surface area contributed by atoms with Crippen LogP contribution in [0.2, 0.25) is 5.02 Å². The molecule has 2 heterocycles. The number of nitrogens with zero attached hydrogens (tertiary/aromatic N) is 2. The first-order valence-electron chi connectivity index (χ1n) is 8.63. The lowest BCUT2D eigenvalue weighted by atomic mass is 9.92. The van der Waals surface area contributed by atoms with Crippen LogP contribution in [0.15, 0.2) is 48.5 Å². The SMILES string of the molecule is O=C1CC(Cc2nc3ccc(Cl)cc3[nH]2)CCN1Cc1ccccc1. The Hall–Kier alpha value is -2.33. The molecule has 1 unspecified atom stereocenters. The number of benzene rings is 2. The molecule has 25 heavy (non-hydrogen) atoms. The Bertz CT molecular complexity index is 890. The fourth-order valence-electron chi connectivity index (χ4n) is 3.49. The summed E-state index contributed by atoms with van der Waals surface area (Å²) in [6.07, 6.45) is 2.40. The quantitative estimate of drug-likeness (QED) is 0.764. The van der Waals surface area contributed by atoms with E-state index in [0.29, 0.717) is 23.9 Å². The molecule has 0 radical (unpaired) electrons. The van der Waals surface area contributed by atoms with Crippen LogP contribution in [0, 0.1) is 5.92 Å². The van der Waals surface area contributed by atoms with Crippen LogP contribution in [-0.4, -0.2) is 27.3 Å². The molecule has 5 heteroatoms. The Kier molecular flexibility index (Phi) is 4.45. The standard InChI is InChI=1S/C20H20ClN3O/c21-16-6-7-17-18(12-16)23-19(22-17)10-15-8-9-24(20(25)11-15)13-14-4-2-1-3-5-14/h1-7,12,15H,8-11,13H2,(H,22,23). The fourth-order valence-corrected chi connectivity index (χ4v) is 3.66. The second kappa shape index (κ2) is 6.89. The van der Waals surface area contributed by atoms with Crippen molar-refractivity contribution in [1.82, 2.24) is 14.9 Å². The van der Waals surface area contributed by atoms with Crippen LogP contribution in [0.4, 0.5) is 0 Å². The number of piperidine rings is 1. The van der Waals surface area contributed by atoms with Gasteiger partial charge in [0.15, 0.2) is 0 Å². The summed E-state index contributed by atoms with van der Waals surface area (Å²) in [5.41, 5.74) is 3.06. The maximum absolute atomic E-state index is 12.5. The van der Waals surface area contributed by atoms with E-state index in [9.17, 15) is 4.79 Å². The number of aromatic nitrogens is 2. The van der Waals surface area contributed by atoms with Gasteiger partial charge in [0.05, 0.1) is 11.0 Å². The molecule has 1 atom stereocenters. The third-order valence-corrected chi connectivity index (χ3v) is 5.05. The van der Waals surface area contributed by atoms with Gasteiger partial charge in [0.1, 0.15) is 5.82 Å². The van der Waals surface area contributed by atoms with Crippen molar-refractivity contribution in [2.24, 2.45) is 5.92 Å². The number of fused-ring (bicyclic) bond motifs is 1. The van der Waals surface area contributed by atoms with Crippen molar-refractivity contribution in [2.75, 3.05) is 6.54 Å². The van der Waals surface area contributed by atoms with Crippen LogP contribution in [-0.2, 0) is 17.8 Å². The highest BCUT2D eigenvalue weighted by Gasteiger charge is 2.26. The number of carbonyl (C=O) groups excluding carboxylic acids is 1. The summed E-state index contributed by atoms with van der Waals surface area (Å²) in [6, 6.07) is 15.8. The van der Waals surface area contributed by atoms with Crippen molar-refractivity contribution in [3.63, 3.8) is 0 Å². The molecule has 1 saturated heterocycles. The third kappa shape index (κ3) is 3.69. The number of rotatable bonds is 4. The van der Waals surface area contributed by atoms with E-state index >= 15 is 0 Å². The zero-order valence-corrected chi connectivity index (χ0v) is 14.7. The molecule has 1 amide bonds. The minimum absolute atomic E-state index is 0.235. The van der Waals surface area contributed by atoms with Gasteiger partial charge in [-0.3, -0.25) is 4.79 Å². The van der Waals surface area contributed by atoms with Crippen LogP contribution in [0.3, 0.4) is 0 Å². The van der Waals surface area contributed by atoms with Gasteiger partial charge in [0, 0.05) is 31.0 Å². The fraction of sp³-hybridized carbons (Fsp3) is 0.300. The van der Waals surface area contributed by atoms with E-state index in [4.69, 9.17) is 11.6 Å². The van der Waals surface area contributed by atoms with Crippen LogP contribution in [0.1, 0.15) is 24.2 Å². The van der Waals surface area contributed by atoms with Crippen LogP contribution >= 0.6 is 11.6 Å². The second-order valence-electron chi connectivity index (χ2n) is 6.71. The van der Waals surface area contributed by atoms with Gasteiger partial charge in [0.25, 0.3) is 0 Å². The molecule has 0 saturated carbocycles. The Morgan fingerprint density at radius 3 is 2.84 bits per heavy atom. The molecule has 1 aliphatic heterocycles. The maximum atomic E-state index is 12.5. The van der Waals surface area contributed by atoms with Gasteiger partial charge in [-0.2, -0.15) is 0 Å². The summed E-state index contributed by atoms with van der Waals surface area (Å²) >= 11 is 6.02. The molecule has 1 N–H and O–H groups in total. The highest BCUT2D eigenvalue weighted by molar-refractivity contribution is 6.31. The molecular weight excluding hydrogens is 334 g/mol. The topological polar surface area (TPSA) is 49.0 Å². The number of aromatic amines is 1. The third-order valence-electron chi connectivity index (χ3n) is 4.81. The van der Waals surface area contributed by atoms with Crippen LogP contribution in [0.25, 0.3) is 11.0 Å². The Morgan fingerprint density at radius 2 is 2.04 bits per heavy atom. The first-order chi connectivity index (χ1) is 12.2. The minimum atomic E-state index is 0.235. The molecule has 1 fully saturated rings. The average molecular weight is 354 g/mol. The van der Waals surface area contributed by atoms with Crippen molar-refractivity contribution < 1.29 is 4.79 Å². The van der Waals surface area contributed by atoms with Gasteiger partial charge in [-0.1, -0.05) is 41.9 Å². The minimum Gasteiger partial charge on any atom is -0.342 e. The van der Waals surface area contributed by atoms with Gasteiger partial charge in [-0.25, -0.2) is 4.98 Å². The number of carbonyl (C=O) groups is 1.